The van der Waals surface area contributed by atoms with E-state index in [4.69, 9.17) is 4.74 Å². The number of nitrogens with zero attached hydrogens (tertiary/aromatic N) is 1. The third kappa shape index (κ3) is 1.93. The van der Waals surface area contributed by atoms with Crippen LogP contribution in [0.4, 0.5) is 5.69 Å². The molecule has 1 rings (SSSR count). The van der Waals surface area contributed by atoms with Gasteiger partial charge < -0.3 is 15.0 Å². The fourth-order valence-corrected chi connectivity index (χ4v) is 1.13. The molecule has 14 heavy (non-hydrogen) atoms. The number of nitrogens with one attached hydrogen (secondary N) is 1. The van der Waals surface area contributed by atoms with Gasteiger partial charge in [-0.3, -0.25) is 9.59 Å². The number of rotatable bonds is 5. The van der Waals surface area contributed by atoms with Crippen molar-refractivity contribution in [1.29, 1.82) is 0 Å². The summed E-state index contributed by atoms with van der Waals surface area (Å²) in [5.41, 5.74) is -0.722. The lowest BCUT2D eigenvalue weighted by Gasteiger charge is -2.14. The number of anilines is 1. The lowest BCUT2D eigenvalue weighted by Crippen LogP contribution is -2.36. The van der Waals surface area contributed by atoms with Crippen LogP contribution >= 0.6 is 0 Å². The molecule has 0 aliphatic rings. The summed E-state index contributed by atoms with van der Waals surface area (Å²) in [6, 6.07) is 0. The van der Waals surface area contributed by atoms with Crippen LogP contribution in [0.5, 0.6) is 5.75 Å². The van der Waals surface area contributed by atoms with Crippen LogP contribution in [0.25, 0.3) is 0 Å². The monoisotopic (exact) mass is 198 g/mol. The molecule has 0 bridgehead atoms. The number of hydrogen-bond donors (Lipinski definition) is 1. The van der Waals surface area contributed by atoms with Crippen LogP contribution in [0.1, 0.15) is 0 Å². The highest BCUT2D eigenvalue weighted by Crippen LogP contribution is 2.15. The summed E-state index contributed by atoms with van der Waals surface area (Å²) in [4.78, 5) is 23.9. The lowest BCUT2D eigenvalue weighted by atomic mass is 10.2. The molecule has 5 nitrogen and oxygen atoms in total. The molecule has 0 aromatic heterocycles. The summed E-state index contributed by atoms with van der Waals surface area (Å²) in [5, 5.41) is 2.87. The molecule has 0 radical (unpaired) electrons. The van der Waals surface area contributed by atoms with Crippen molar-refractivity contribution < 1.29 is 4.74 Å². The second kappa shape index (κ2) is 4.23. The summed E-state index contributed by atoms with van der Waals surface area (Å²) in [5.74, 6) is 0.147. The van der Waals surface area contributed by atoms with Crippen molar-refractivity contribution in [2.24, 2.45) is 0 Å². The molecule has 0 aliphatic carbocycles. The highest BCUT2D eigenvalue weighted by atomic mass is 16.5. The third-order valence-corrected chi connectivity index (χ3v) is 1.93. The predicted octanol–water partition coefficient (Wildman–Crippen LogP) is -0.735. The van der Waals surface area contributed by atoms with Crippen LogP contribution in [-0.2, 0) is 0 Å². The summed E-state index contributed by atoms with van der Waals surface area (Å²) >= 11 is 0. The van der Waals surface area contributed by atoms with Gasteiger partial charge in [0, 0.05) is 13.1 Å². The fourth-order valence-electron chi connectivity index (χ4n) is 1.13. The highest BCUT2D eigenvalue weighted by molar-refractivity contribution is 5.61. The second-order valence-electron chi connectivity index (χ2n) is 3.30. The molecule has 0 unspecified atom stereocenters. The zero-order chi connectivity index (χ0) is 10.7. The maximum absolute atomic E-state index is 11.0. The first-order chi connectivity index (χ1) is 6.57. The zero-order valence-corrected chi connectivity index (χ0v) is 8.59. The molecule has 0 aliphatic heterocycles. The average molecular weight is 198 g/mol. The zero-order valence-electron chi connectivity index (χ0n) is 8.59. The van der Waals surface area contributed by atoms with Crippen molar-refractivity contribution >= 4 is 5.69 Å². The normalized spacial score (nSPS) is 10.9. The predicted molar refractivity (Wildman–Crippen MR) is 54.9 cm³/mol. The van der Waals surface area contributed by atoms with E-state index in [1.54, 1.807) is 0 Å². The number of methoxy groups -OCH3 is 1. The van der Waals surface area contributed by atoms with Crippen molar-refractivity contribution in [3.63, 3.8) is 0 Å². The van der Waals surface area contributed by atoms with Gasteiger partial charge in [-0.05, 0) is 14.1 Å². The molecule has 1 N–H and O–H groups in total. The first-order valence-corrected chi connectivity index (χ1v) is 4.33. The molecule has 0 spiro atoms. The van der Waals surface area contributed by atoms with Gasteiger partial charge in [-0.25, -0.2) is 0 Å². The van der Waals surface area contributed by atoms with Gasteiger partial charge >= 0.3 is 0 Å². The number of hydrogen-bond acceptors (Lipinski definition) is 5. The Kier molecular flexibility index (Phi) is 3.24. The minimum absolute atomic E-state index is 0.147. The molecule has 0 fully saturated rings. The molecule has 0 saturated heterocycles. The van der Waals surface area contributed by atoms with Crippen LogP contribution in [-0.4, -0.2) is 39.2 Å². The summed E-state index contributed by atoms with van der Waals surface area (Å²) in [6.07, 6.45) is 0. The number of likely N-dealkylation sites (N-methyl/N-ethyl adjacent to an activating group) is 1. The first kappa shape index (κ1) is 10.7. The van der Waals surface area contributed by atoms with E-state index in [2.05, 4.69) is 5.32 Å². The van der Waals surface area contributed by atoms with Crippen LogP contribution in [0.3, 0.4) is 0 Å². The van der Waals surface area contributed by atoms with Crippen molar-refractivity contribution in [2.45, 2.75) is 0 Å². The van der Waals surface area contributed by atoms with E-state index in [-0.39, 0.29) is 5.75 Å². The van der Waals surface area contributed by atoms with Crippen molar-refractivity contribution in [2.75, 3.05) is 39.6 Å². The van der Waals surface area contributed by atoms with E-state index in [9.17, 15) is 9.59 Å². The third-order valence-electron chi connectivity index (χ3n) is 1.93. The Bertz CT molecular complexity index is 377. The Hall–Kier alpha value is -1.36. The maximum atomic E-state index is 11.0. The minimum atomic E-state index is -0.542. The van der Waals surface area contributed by atoms with Gasteiger partial charge in [0.1, 0.15) is 5.69 Å². The molecule has 0 atom stereocenters. The molecule has 1 aromatic carbocycles. The van der Waals surface area contributed by atoms with Crippen molar-refractivity contribution in [3.8, 4) is 5.75 Å². The van der Waals surface area contributed by atoms with Gasteiger partial charge in [0.25, 0.3) is 10.9 Å². The van der Waals surface area contributed by atoms with Gasteiger partial charge in [0.2, 0.25) is 0 Å². The van der Waals surface area contributed by atoms with Crippen LogP contribution in [0.15, 0.2) is 9.59 Å². The summed E-state index contributed by atoms with van der Waals surface area (Å²) in [7, 11) is 5.25. The Morgan fingerprint density at radius 3 is 2.43 bits per heavy atom. The van der Waals surface area contributed by atoms with Gasteiger partial charge in [-0.2, -0.15) is 0 Å². The molecule has 0 amide bonds. The van der Waals surface area contributed by atoms with Gasteiger partial charge in [0.15, 0.2) is 5.75 Å². The van der Waals surface area contributed by atoms with Gasteiger partial charge in [-0.1, -0.05) is 0 Å². The molecular formula is C9H14N2O3. The molecule has 0 heterocycles. The molecule has 5 heteroatoms. The molecular weight excluding hydrogens is 184 g/mol. The van der Waals surface area contributed by atoms with Crippen LogP contribution in [0, 0.1) is 0 Å². The molecule has 78 valence electrons. The summed E-state index contributed by atoms with van der Waals surface area (Å²) < 4.78 is 4.77. The topological polar surface area (TPSA) is 58.6 Å². The van der Waals surface area contributed by atoms with E-state index in [0.29, 0.717) is 12.2 Å². The van der Waals surface area contributed by atoms with E-state index in [0.717, 1.165) is 6.54 Å². The smallest absolute Gasteiger partial charge is 0.271 e. The molecule has 0 saturated carbocycles. The second-order valence-corrected chi connectivity index (χ2v) is 3.30. The first-order valence-electron chi connectivity index (χ1n) is 4.33. The van der Waals surface area contributed by atoms with E-state index in [1.165, 1.54) is 7.11 Å². The largest absolute Gasteiger partial charge is 0.491 e. The van der Waals surface area contributed by atoms with E-state index in [1.807, 2.05) is 19.0 Å². The van der Waals surface area contributed by atoms with Crippen LogP contribution in [0.2, 0.25) is 0 Å². The Balaban J connectivity index is 2.56. The fraction of sp³-hybridized carbons (Fsp3) is 0.556. The quantitative estimate of drug-likeness (QED) is 0.632. The molecule has 1 aromatic rings. The van der Waals surface area contributed by atoms with Gasteiger partial charge in [0.05, 0.1) is 7.11 Å². The highest BCUT2D eigenvalue weighted by Gasteiger charge is 2.20. The van der Waals surface area contributed by atoms with Crippen LogP contribution < -0.4 is 20.9 Å². The SMILES string of the molecule is COc1c(NCCN(C)C)c(=O)c1=O. The van der Waals surface area contributed by atoms with Gasteiger partial charge in [-0.15, -0.1) is 0 Å². The van der Waals surface area contributed by atoms with E-state index >= 15 is 0 Å². The average Bonchev–Trinajstić information content (AvgIpc) is 2.15. The summed E-state index contributed by atoms with van der Waals surface area (Å²) in [6.45, 7) is 1.41. The standard InChI is InChI=1S/C9H14N2O3/c1-11(2)5-4-10-6-7(12)8(13)9(6)14-3/h10H,4-5H2,1-3H3. The maximum Gasteiger partial charge on any atom is 0.271 e. The van der Waals surface area contributed by atoms with Crippen molar-refractivity contribution in [3.05, 3.63) is 20.4 Å². The number of ether oxygens (including phenoxy) is 1. The Labute approximate surface area is 82.0 Å². The Morgan fingerprint density at radius 2 is 1.93 bits per heavy atom. The van der Waals surface area contributed by atoms with E-state index < -0.39 is 10.9 Å². The Morgan fingerprint density at radius 1 is 1.29 bits per heavy atom. The lowest BCUT2D eigenvalue weighted by molar-refractivity contribution is 0.405. The minimum Gasteiger partial charge on any atom is -0.491 e. The van der Waals surface area contributed by atoms with Crippen molar-refractivity contribution in [1.82, 2.24) is 4.90 Å².